The van der Waals surface area contributed by atoms with Gasteiger partial charge >= 0.3 is 0 Å². The highest BCUT2D eigenvalue weighted by Gasteiger charge is 2.24. The van der Waals surface area contributed by atoms with Crippen molar-refractivity contribution in [2.45, 2.75) is 19.4 Å². The largest absolute Gasteiger partial charge is 0.279 e. The molecule has 0 unspecified atom stereocenters. The first-order valence-electron chi connectivity index (χ1n) is 7.22. The van der Waals surface area contributed by atoms with Gasteiger partial charge in [0.2, 0.25) is 0 Å². The number of aryl methyl sites for hydroxylation is 1. The molecule has 1 fully saturated rings. The van der Waals surface area contributed by atoms with Crippen LogP contribution in [0.5, 0.6) is 0 Å². The Kier molecular flexibility index (Phi) is 4.23. The van der Waals surface area contributed by atoms with Crippen LogP contribution in [0.2, 0.25) is 0 Å². The fourth-order valence-electron chi connectivity index (χ4n) is 2.51. The van der Waals surface area contributed by atoms with Gasteiger partial charge in [0.1, 0.15) is 0 Å². The Hall–Kier alpha value is -1.77. The summed E-state index contributed by atoms with van der Waals surface area (Å²) in [5.74, 6) is 0. The molecule has 0 aliphatic carbocycles. The summed E-state index contributed by atoms with van der Waals surface area (Å²) in [5.41, 5.74) is 2.70. The van der Waals surface area contributed by atoms with E-state index in [9.17, 15) is 8.42 Å². The van der Waals surface area contributed by atoms with E-state index < -0.39 is 10.2 Å². The monoisotopic (exact) mass is 321 g/mol. The van der Waals surface area contributed by atoms with Crippen LogP contribution in [0.15, 0.2) is 30.9 Å². The normalized spacial score (nSPS) is 16.2. The molecule has 0 aromatic carbocycles. The predicted octanol–water partition coefficient (Wildman–Crippen LogP) is 0.912. The van der Waals surface area contributed by atoms with Crippen molar-refractivity contribution in [3.8, 4) is 11.1 Å². The van der Waals surface area contributed by atoms with E-state index >= 15 is 0 Å². The second-order valence-corrected chi connectivity index (χ2v) is 7.17. The van der Waals surface area contributed by atoms with Gasteiger partial charge in [-0.1, -0.05) is 0 Å². The van der Waals surface area contributed by atoms with Gasteiger partial charge in [0.25, 0.3) is 10.2 Å². The Labute approximate surface area is 130 Å². The van der Waals surface area contributed by atoms with Gasteiger partial charge in [-0.2, -0.15) is 22.5 Å². The van der Waals surface area contributed by atoms with E-state index in [2.05, 4.69) is 14.8 Å². The summed E-state index contributed by atoms with van der Waals surface area (Å²) in [6, 6.07) is 1.93. The molecule has 1 aliphatic heterocycles. The Morgan fingerprint density at radius 1 is 1.18 bits per heavy atom. The van der Waals surface area contributed by atoms with Gasteiger partial charge in [0.05, 0.1) is 6.20 Å². The highest BCUT2D eigenvalue weighted by molar-refractivity contribution is 7.87. The Balaban J connectivity index is 1.70. The molecule has 0 radical (unpaired) electrons. The first-order valence-corrected chi connectivity index (χ1v) is 8.66. The molecule has 2 aromatic rings. The molecule has 3 heterocycles. The van der Waals surface area contributed by atoms with Gasteiger partial charge in [0, 0.05) is 56.4 Å². The average Bonchev–Trinajstić information content (AvgIpc) is 3.17. The zero-order valence-corrected chi connectivity index (χ0v) is 13.3. The molecule has 1 N–H and O–H groups in total. The molecule has 1 saturated heterocycles. The fraction of sp³-hybridized carbons (Fsp3) is 0.429. The second kappa shape index (κ2) is 6.15. The zero-order chi connectivity index (χ0) is 15.6. The van der Waals surface area contributed by atoms with Crippen LogP contribution in [0.25, 0.3) is 11.1 Å². The number of aromatic nitrogens is 3. The standard InChI is InChI=1S/C14H19N5O2S/c1-18-11-14(10-16-18)13-6-12(7-15-9-13)8-17-22(20,21)19-4-2-3-5-19/h6-7,9-11,17H,2-5,8H2,1H3. The van der Waals surface area contributed by atoms with Gasteiger partial charge in [-0.15, -0.1) is 0 Å². The summed E-state index contributed by atoms with van der Waals surface area (Å²) < 4.78 is 30.1. The molecule has 2 aromatic heterocycles. The van der Waals surface area contributed by atoms with Gasteiger partial charge < -0.3 is 0 Å². The SMILES string of the molecule is Cn1cc(-c2cncc(CNS(=O)(=O)N3CCCC3)c2)cn1. The van der Waals surface area contributed by atoms with Crippen LogP contribution in [0, 0.1) is 0 Å². The summed E-state index contributed by atoms with van der Waals surface area (Å²) >= 11 is 0. The first kappa shape index (κ1) is 15.1. The maximum absolute atomic E-state index is 12.1. The van der Waals surface area contributed by atoms with Crippen LogP contribution in [0.4, 0.5) is 0 Å². The molecular weight excluding hydrogens is 302 g/mol. The number of hydrogen-bond donors (Lipinski definition) is 1. The maximum atomic E-state index is 12.1. The minimum absolute atomic E-state index is 0.236. The van der Waals surface area contributed by atoms with E-state index in [0.29, 0.717) is 13.1 Å². The van der Waals surface area contributed by atoms with E-state index in [1.807, 2.05) is 19.3 Å². The van der Waals surface area contributed by atoms with Crippen LogP contribution in [0.3, 0.4) is 0 Å². The highest BCUT2D eigenvalue weighted by atomic mass is 32.2. The van der Waals surface area contributed by atoms with E-state index in [1.165, 1.54) is 4.31 Å². The molecule has 1 aliphatic rings. The number of nitrogens with zero attached hydrogens (tertiary/aromatic N) is 4. The number of pyridine rings is 1. The number of rotatable bonds is 5. The second-order valence-electron chi connectivity index (χ2n) is 5.42. The topological polar surface area (TPSA) is 80.1 Å². The summed E-state index contributed by atoms with van der Waals surface area (Å²) in [4.78, 5) is 4.18. The number of hydrogen-bond acceptors (Lipinski definition) is 4. The number of nitrogens with one attached hydrogen (secondary N) is 1. The fourth-order valence-corrected chi connectivity index (χ4v) is 3.78. The molecule has 118 valence electrons. The minimum Gasteiger partial charge on any atom is -0.275 e. The quantitative estimate of drug-likeness (QED) is 0.888. The van der Waals surface area contributed by atoms with Crippen LogP contribution >= 0.6 is 0 Å². The van der Waals surface area contributed by atoms with E-state index in [-0.39, 0.29) is 6.54 Å². The van der Waals surface area contributed by atoms with Crippen molar-refractivity contribution in [1.29, 1.82) is 0 Å². The third-order valence-electron chi connectivity index (χ3n) is 3.70. The maximum Gasteiger partial charge on any atom is 0.279 e. The van der Waals surface area contributed by atoms with Crippen molar-refractivity contribution < 1.29 is 8.42 Å². The van der Waals surface area contributed by atoms with Crippen LogP contribution in [-0.2, 0) is 23.8 Å². The Morgan fingerprint density at radius 2 is 1.95 bits per heavy atom. The average molecular weight is 321 g/mol. The molecule has 0 saturated carbocycles. The van der Waals surface area contributed by atoms with Crippen molar-refractivity contribution in [2.75, 3.05) is 13.1 Å². The van der Waals surface area contributed by atoms with Crippen LogP contribution in [-0.4, -0.2) is 40.6 Å². The van der Waals surface area contributed by atoms with E-state index in [4.69, 9.17) is 0 Å². The van der Waals surface area contributed by atoms with Crippen molar-refractivity contribution in [2.24, 2.45) is 7.05 Å². The highest BCUT2D eigenvalue weighted by Crippen LogP contribution is 2.18. The third-order valence-corrected chi connectivity index (χ3v) is 5.25. The van der Waals surface area contributed by atoms with Crippen molar-refractivity contribution in [3.63, 3.8) is 0 Å². The zero-order valence-electron chi connectivity index (χ0n) is 12.4. The summed E-state index contributed by atoms with van der Waals surface area (Å²) in [7, 11) is -1.54. The molecule has 8 heteroatoms. The molecule has 0 amide bonds. The third kappa shape index (κ3) is 3.34. The Bertz CT molecular complexity index is 750. The predicted molar refractivity (Wildman–Crippen MR) is 83.0 cm³/mol. The molecular formula is C14H19N5O2S. The summed E-state index contributed by atoms with van der Waals surface area (Å²) in [6.45, 7) is 1.44. The lowest BCUT2D eigenvalue weighted by molar-refractivity contribution is 0.464. The van der Waals surface area contributed by atoms with Crippen molar-refractivity contribution in [3.05, 3.63) is 36.4 Å². The van der Waals surface area contributed by atoms with Crippen LogP contribution in [0.1, 0.15) is 18.4 Å². The lowest BCUT2D eigenvalue weighted by atomic mass is 10.1. The molecule has 0 atom stereocenters. The molecule has 0 spiro atoms. The summed E-state index contributed by atoms with van der Waals surface area (Å²) in [5, 5.41) is 4.13. The Morgan fingerprint density at radius 3 is 2.64 bits per heavy atom. The molecule has 7 nitrogen and oxygen atoms in total. The first-order chi connectivity index (χ1) is 10.5. The van der Waals surface area contributed by atoms with Gasteiger partial charge in [-0.3, -0.25) is 9.67 Å². The minimum atomic E-state index is -3.39. The van der Waals surface area contributed by atoms with Crippen molar-refractivity contribution in [1.82, 2.24) is 23.8 Å². The summed E-state index contributed by atoms with van der Waals surface area (Å²) in [6.07, 6.45) is 8.93. The van der Waals surface area contributed by atoms with Gasteiger partial charge in [-0.25, -0.2) is 0 Å². The van der Waals surface area contributed by atoms with Gasteiger partial charge in [0.15, 0.2) is 0 Å². The smallest absolute Gasteiger partial charge is 0.275 e. The van der Waals surface area contributed by atoms with E-state index in [0.717, 1.165) is 29.5 Å². The molecule has 3 rings (SSSR count). The molecule has 0 bridgehead atoms. The van der Waals surface area contributed by atoms with Gasteiger partial charge in [-0.05, 0) is 24.5 Å². The molecule has 22 heavy (non-hydrogen) atoms. The lowest BCUT2D eigenvalue weighted by Gasteiger charge is -2.16. The van der Waals surface area contributed by atoms with Crippen LogP contribution < -0.4 is 4.72 Å². The van der Waals surface area contributed by atoms with Crippen molar-refractivity contribution >= 4 is 10.2 Å². The lowest BCUT2D eigenvalue weighted by Crippen LogP contribution is -2.38. The van der Waals surface area contributed by atoms with E-state index in [1.54, 1.807) is 23.3 Å².